The Kier molecular flexibility index (Phi) is 5.36. The predicted molar refractivity (Wildman–Crippen MR) is 161 cm³/mol. The Labute approximate surface area is 250 Å². The lowest BCUT2D eigenvalue weighted by atomic mass is 9.82. The molecule has 5 aromatic carbocycles. The first-order chi connectivity index (χ1) is 20.6. The van der Waals surface area contributed by atoms with E-state index in [4.69, 9.17) is 9.47 Å². The molecule has 0 spiro atoms. The molecule has 0 atom stereocenters. The minimum absolute atomic E-state index is 0.179. The smallest absolute Gasteiger partial charge is 0.424 e. The normalized spacial score (nSPS) is 15.3. The van der Waals surface area contributed by atoms with Crippen LogP contribution in [0.1, 0.15) is 83.0 Å². The molecule has 0 saturated carbocycles. The summed E-state index contributed by atoms with van der Waals surface area (Å²) in [5.41, 5.74) is -1.12. The zero-order valence-electron chi connectivity index (χ0n) is 24.8. The van der Waals surface area contributed by atoms with Crippen molar-refractivity contribution in [3.05, 3.63) is 70.8 Å². The number of fused-ring (bicyclic) bond motifs is 2. The van der Waals surface area contributed by atoms with Gasteiger partial charge in [0.15, 0.2) is 0 Å². The highest BCUT2D eigenvalue weighted by molar-refractivity contribution is 6.42. The van der Waals surface area contributed by atoms with E-state index in [-0.39, 0.29) is 22.3 Å². The van der Waals surface area contributed by atoms with Crippen molar-refractivity contribution in [2.24, 2.45) is 0 Å². The number of nitrogens with zero attached hydrogens (tertiary/aromatic N) is 2. The van der Waals surface area contributed by atoms with Gasteiger partial charge in [-0.05, 0) is 98.1 Å². The van der Waals surface area contributed by atoms with Crippen molar-refractivity contribution < 1.29 is 38.2 Å². The number of hydrogen-bond acceptors (Lipinski definition) is 8. The topological polar surface area (TPSA) is 127 Å². The molecule has 0 N–H and O–H groups in total. The van der Waals surface area contributed by atoms with Crippen molar-refractivity contribution in [2.75, 3.05) is 0 Å². The third kappa shape index (κ3) is 3.66. The summed E-state index contributed by atoms with van der Waals surface area (Å²) < 4.78 is 10.7. The van der Waals surface area contributed by atoms with E-state index in [1.54, 1.807) is 90.1 Å². The van der Waals surface area contributed by atoms with Crippen molar-refractivity contribution in [3.8, 4) is 0 Å². The summed E-state index contributed by atoms with van der Waals surface area (Å²) in [5, 5.41) is 4.88. The lowest BCUT2D eigenvalue weighted by Gasteiger charge is -2.30. The minimum atomic E-state index is -1.05. The standard InChI is InChI=1S/C34H26N2O8/c1-33(2,3)43-31(41)35-27(37)19-11-7-15-17-9-13-21-26-22(30(40)36(29(21)39)32(42)44-34(4,5)6)14-10-18(24(17)26)16-8-12-20(28(35)38)25(19)23(15)16/h7-14H,1-6H3. The molecule has 220 valence electrons. The van der Waals surface area contributed by atoms with E-state index in [1.165, 1.54) is 0 Å². The maximum absolute atomic E-state index is 13.6. The highest BCUT2D eigenvalue weighted by Gasteiger charge is 2.42. The van der Waals surface area contributed by atoms with Gasteiger partial charge in [-0.2, -0.15) is 9.80 Å². The highest BCUT2D eigenvalue weighted by atomic mass is 16.6. The van der Waals surface area contributed by atoms with Crippen LogP contribution in [0.15, 0.2) is 48.5 Å². The fourth-order valence-electron chi connectivity index (χ4n) is 6.21. The van der Waals surface area contributed by atoms with Crippen LogP contribution in [-0.4, -0.2) is 56.8 Å². The molecule has 10 heteroatoms. The molecule has 0 fully saturated rings. The number of carbonyl (C=O) groups is 6. The monoisotopic (exact) mass is 590 g/mol. The van der Waals surface area contributed by atoms with E-state index < -0.39 is 47.0 Å². The Morgan fingerprint density at radius 3 is 0.932 bits per heavy atom. The van der Waals surface area contributed by atoms with Crippen LogP contribution in [0, 0.1) is 0 Å². The van der Waals surface area contributed by atoms with Gasteiger partial charge >= 0.3 is 12.2 Å². The van der Waals surface area contributed by atoms with Crippen LogP contribution in [0.25, 0.3) is 43.1 Å². The summed E-state index contributed by atoms with van der Waals surface area (Å²) >= 11 is 0. The summed E-state index contributed by atoms with van der Waals surface area (Å²) in [6.45, 7) is 9.88. The SMILES string of the molecule is CC(C)(C)OC(=O)N1C(=O)c2ccc3c4ccc5c6c(ccc(c7ccc(c2c37)C1=O)c64)C(=O)N(C(=O)OC(C)(C)C)C5=O. The van der Waals surface area contributed by atoms with Crippen LogP contribution in [0.5, 0.6) is 0 Å². The van der Waals surface area contributed by atoms with Gasteiger partial charge in [0, 0.05) is 33.0 Å². The molecule has 5 aromatic rings. The molecule has 0 bridgehead atoms. The lowest BCUT2D eigenvalue weighted by molar-refractivity contribution is 0.0209. The van der Waals surface area contributed by atoms with E-state index in [0.29, 0.717) is 52.9 Å². The largest absolute Gasteiger partial charge is 0.443 e. The molecular weight excluding hydrogens is 564 g/mol. The van der Waals surface area contributed by atoms with Gasteiger partial charge in [0.25, 0.3) is 23.6 Å². The molecule has 0 aromatic heterocycles. The Bertz CT molecular complexity index is 1940. The molecule has 0 radical (unpaired) electrons. The molecule has 2 aliphatic heterocycles. The van der Waals surface area contributed by atoms with E-state index in [9.17, 15) is 28.8 Å². The van der Waals surface area contributed by atoms with Gasteiger partial charge in [-0.1, -0.05) is 24.3 Å². The predicted octanol–water partition coefficient (Wildman–Crippen LogP) is 6.80. The first-order valence-electron chi connectivity index (χ1n) is 14.0. The fraction of sp³-hybridized carbons (Fsp3) is 0.235. The van der Waals surface area contributed by atoms with E-state index >= 15 is 0 Å². The van der Waals surface area contributed by atoms with Crippen LogP contribution < -0.4 is 0 Å². The molecule has 0 saturated heterocycles. The Balaban J connectivity index is 1.47. The molecule has 2 heterocycles. The van der Waals surface area contributed by atoms with Crippen molar-refractivity contribution >= 4 is 78.9 Å². The van der Waals surface area contributed by atoms with Crippen LogP contribution in [0.4, 0.5) is 9.59 Å². The molecule has 6 amide bonds. The van der Waals surface area contributed by atoms with Crippen LogP contribution in [0.3, 0.4) is 0 Å². The molecule has 0 aliphatic carbocycles. The van der Waals surface area contributed by atoms with Crippen LogP contribution in [0.2, 0.25) is 0 Å². The Morgan fingerprint density at radius 2 is 0.705 bits per heavy atom. The molecule has 44 heavy (non-hydrogen) atoms. The molecule has 7 rings (SSSR count). The fourth-order valence-corrected chi connectivity index (χ4v) is 6.21. The van der Waals surface area contributed by atoms with Gasteiger partial charge in [-0.3, -0.25) is 19.2 Å². The average Bonchev–Trinajstić information content (AvgIpc) is 2.92. The average molecular weight is 591 g/mol. The maximum atomic E-state index is 13.6. The van der Waals surface area contributed by atoms with Crippen LogP contribution >= 0.6 is 0 Å². The van der Waals surface area contributed by atoms with Gasteiger partial charge in [0.05, 0.1) is 0 Å². The summed E-state index contributed by atoms with van der Waals surface area (Å²) in [6, 6.07) is 13.2. The van der Waals surface area contributed by atoms with E-state index in [0.717, 1.165) is 0 Å². The number of hydrogen-bond donors (Lipinski definition) is 0. The molecule has 10 nitrogen and oxygen atoms in total. The third-order valence-electron chi connectivity index (χ3n) is 7.79. The first kappa shape index (κ1) is 27.5. The number of carbonyl (C=O) groups excluding carboxylic acids is 6. The zero-order valence-corrected chi connectivity index (χ0v) is 24.8. The second-order valence-corrected chi connectivity index (χ2v) is 13.0. The van der Waals surface area contributed by atoms with Crippen molar-refractivity contribution in [1.29, 1.82) is 0 Å². The van der Waals surface area contributed by atoms with Crippen molar-refractivity contribution in [3.63, 3.8) is 0 Å². The van der Waals surface area contributed by atoms with Crippen LogP contribution in [-0.2, 0) is 9.47 Å². The number of rotatable bonds is 0. The highest BCUT2D eigenvalue weighted by Crippen LogP contribution is 2.46. The van der Waals surface area contributed by atoms with Gasteiger partial charge in [-0.15, -0.1) is 0 Å². The second-order valence-electron chi connectivity index (χ2n) is 13.0. The number of benzene rings is 5. The summed E-state index contributed by atoms with van der Waals surface area (Å²) in [4.78, 5) is 81.2. The second kappa shape index (κ2) is 8.59. The summed E-state index contributed by atoms with van der Waals surface area (Å²) in [5.74, 6) is -3.13. The van der Waals surface area contributed by atoms with E-state index in [1.807, 2.05) is 0 Å². The number of ether oxygens (including phenoxy) is 2. The Hall–Kier alpha value is -5.38. The van der Waals surface area contributed by atoms with Gasteiger partial charge in [0.1, 0.15) is 11.2 Å². The van der Waals surface area contributed by atoms with E-state index in [2.05, 4.69) is 0 Å². The molecular formula is C34H26N2O8. The number of amides is 6. The number of imide groups is 6. The van der Waals surface area contributed by atoms with Crippen molar-refractivity contribution in [2.45, 2.75) is 52.7 Å². The van der Waals surface area contributed by atoms with Gasteiger partial charge in [-0.25, -0.2) is 9.59 Å². The third-order valence-corrected chi connectivity index (χ3v) is 7.79. The van der Waals surface area contributed by atoms with Crippen molar-refractivity contribution in [1.82, 2.24) is 9.80 Å². The Morgan fingerprint density at radius 1 is 0.455 bits per heavy atom. The van der Waals surface area contributed by atoms with Gasteiger partial charge in [0.2, 0.25) is 0 Å². The molecule has 2 aliphatic rings. The summed E-state index contributed by atoms with van der Waals surface area (Å²) in [7, 11) is 0. The summed E-state index contributed by atoms with van der Waals surface area (Å²) in [6.07, 6.45) is -2.10. The lowest BCUT2D eigenvalue weighted by Crippen LogP contribution is -2.47. The first-order valence-corrected chi connectivity index (χ1v) is 14.0. The van der Waals surface area contributed by atoms with Gasteiger partial charge < -0.3 is 9.47 Å². The maximum Gasteiger partial charge on any atom is 0.424 e. The molecule has 0 unspecified atom stereocenters. The zero-order chi connectivity index (χ0) is 31.6. The quantitative estimate of drug-likeness (QED) is 0.109. The minimum Gasteiger partial charge on any atom is -0.443 e.